The van der Waals surface area contributed by atoms with Crippen molar-refractivity contribution in [3.8, 4) is 22.9 Å². The van der Waals surface area contributed by atoms with Gasteiger partial charge in [-0.25, -0.2) is 23.1 Å². The highest BCUT2D eigenvalue weighted by Crippen LogP contribution is 2.51. The third-order valence-corrected chi connectivity index (χ3v) is 13.7. The highest BCUT2D eigenvalue weighted by Gasteiger charge is 2.51. The zero-order valence-electron chi connectivity index (χ0n) is 31.2. The maximum Gasteiger partial charge on any atom is 0.244 e. The predicted octanol–water partition coefficient (Wildman–Crippen LogP) is 8.83. The van der Waals surface area contributed by atoms with Crippen LogP contribution in [0.15, 0.2) is 48.7 Å². The number of fused-ring (bicyclic) bond motifs is 4. The number of hydrogen-bond acceptors (Lipinski definition) is 7. The fraction of sp³-hybridized carbons (Fsp3) is 0.442. The van der Waals surface area contributed by atoms with E-state index in [4.69, 9.17) is 32.9 Å². The number of amides is 1. The molecule has 1 N–H and O–H groups in total. The number of aryl methyl sites for hydroxylation is 2. The van der Waals surface area contributed by atoms with Crippen LogP contribution in [0, 0.1) is 41.8 Å². The summed E-state index contributed by atoms with van der Waals surface area (Å²) < 4.78 is 52.7. The van der Waals surface area contributed by atoms with Crippen molar-refractivity contribution in [1.29, 1.82) is 5.26 Å². The number of benzene rings is 2. The van der Waals surface area contributed by atoms with Crippen molar-refractivity contribution >= 4 is 56.7 Å². The summed E-state index contributed by atoms with van der Waals surface area (Å²) in [7, 11) is 0. The molecule has 5 unspecified atom stereocenters. The molecule has 11 rings (SSSR count). The Bertz CT molecular complexity index is 2480. The van der Waals surface area contributed by atoms with Gasteiger partial charge in [-0.3, -0.25) is 4.79 Å². The summed E-state index contributed by atoms with van der Waals surface area (Å²) in [4.78, 5) is 27.3. The molecule has 2 aromatic carbocycles. The molecule has 4 saturated heterocycles. The minimum Gasteiger partial charge on any atom is -0.488 e. The fourth-order valence-corrected chi connectivity index (χ4v) is 10.2. The summed E-state index contributed by atoms with van der Waals surface area (Å²) in [6.07, 6.45) is 2.69. The average molecular weight is 815 g/mol. The van der Waals surface area contributed by atoms with Gasteiger partial charge in [0.05, 0.1) is 46.2 Å². The second-order valence-corrected chi connectivity index (χ2v) is 17.2. The monoisotopic (exact) mass is 813 g/mol. The van der Waals surface area contributed by atoms with E-state index in [0.29, 0.717) is 69.7 Å². The van der Waals surface area contributed by atoms with Crippen LogP contribution < -0.4 is 15.0 Å². The molecule has 6 aliphatic rings. The average Bonchev–Trinajstić information content (AvgIpc) is 3.45. The Labute approximate surface area is 337 Å². The number of ether oxygens (including phenoxy) is 1. The maximum atomic E-state index is 17.3. The highest BCUT2D eigenvalue weighted by atomic mass is 35.5. The van der Waals surface area contributed by atoms with Crippen LogP contribution in [0.2, 0.25) is 10.0 Å². The number of hydrogen-bond donors (Lipinski definition) is 1. The number of nitrogens with one attached hydrogen (secondary N) is 1. The van der Waals surface area contributed by atoms with E-state index in [-0.39, 0.29) is 66.1 Å². The molecule has 0 radical (unpaired) electrons. The van der Waals surface area contributed by atoms with Crippen molar-refractivity contribution in [2.24, 2.45) is 17.8 Å². The number of rotatable bonds is 10. The maximum absolute atomic E-state index is 17.3. The van der Waals surface area contributed by atoms with Gasteiger partial charge in [0, 0.05) is 90.0 Å². The first-order valence-electron chi connectivity index (χ1n) is 19.8. The zero-order chi connectivity index (χ0) is 39.3. The molecule has 7 heterocycles. The second kappa shape index (κ2) is 14.1. The van der Waals surface area contributed by atoms with Crippen LogP contribution in [0.5, 0.6) is 5.75 Å². The van der Waals surface area contributed by atoms with Gasteiger partial charge in [0.15, 0.2) is 5.82 Å². The van der Waals surface area contributed by atoms with E-state index in [1.807, 2.05) is 22.8 Å². The Hall–Kier alpha value is -4.57. The highest BCUT2D eigenvalue weighted by molar-refractivity contribution is 6.43. The lowest BCUT2D eigenvalue weighted by Gasteiger charge is -2.39. The van der Waals surface area contributed by atoms with Gasteiger partial charge in [-0.1, -0.05) is 35.3 Å². The molecule has 2 saturated carbocycles. The van der Waals surface area contributed by atoms with Gasteiger partial charge in [-0.05, 0) is 68.4 Å². The number of aromatic nitrogens is 3. The summed E-state index contributed by atoms with van der Waals surface area (Å²) >= 11 is 13.1. The van der Waals surface area contributed by atoms with Crippen molar-refractivity contribution < 1.29 is 22.7 Å². The van der Waals surface area contributed by atoms with E-state index in [9.17, 15) is 18.8 Å². The standard InChI is InChI=1S/C43H40Cl2F3N7O2/c1-21-29-16-34(33-14-27(20-54(33)43(56)22-7-8-22)57-26-9-11-50-35(15-26)53-18-25(19-53)42(47)48)55(40-24-13-32(40)51-17-24)41(29)30-12-23(4-3-10-49)36(38(46)39(30)52-21)28-5-2-6-31(44)37(28)45/h2,5-6,9,11-12,15-16,22,24-25,27,32-33,40,42,51H,3-4,7-8,13-14,17-20H2,1H3. The van der Waals surface area contributed by atoms with Gasteiger partial charge in [0.2, 0.25) is 12.3 Å². The normalized spacial score (nSPS) is 24.4. The van der Waals surface area contributed by atoms with Crippen LogP contribution in [0.4, 0.5) is 19.0 Å². The van der Waals surface area contributed by atoms with E-state index >= 15 is 4.39 Å². The lowest BCUT2D eigenvalue weighted by atomic mass is 9.79. The Morgan fingerprint density at radius 1 is 1.11 bits per heavy atom. The van der Waals surface area contributed by atoms with Crippen molar-refractivity contribution in [3.05, 3.63) is 81.5 Å². The molecule has 1 amide bonds. The minimum atomic E-state index is -2.36. The number of nitrogens with zero attached hydrogens (tertiary/aromatic N) is 6. The molecule has 3 aromatic heterocycles. The number of pyridine rings is 2. The van der Waals surface area contributed by atoms with Crippen LogP contribution in [0.25, 0.3) is 32.9 Å². The molecule has 2 aliphatic carbocycles. The molecule has 14 heteroatoms. The van der Waals surface area contributed by atoms with Crippen LogP contribution in [-0.4, -0.2) is 70.1 Å². The Kier molecular flexibility index (Phi) is 9.07. The van der Waals surface area contributed by atoms with Gasteiger partial charge in [0.1, 0.15) is 23.2 Å². The summed E-state index contributed by atoms with van der Waals surface area (Å²) in [6.45, 7) is 3.65. The minimum absolute atomic E-state index is 0.0230. The van der Waals surface area contributed by atoms with Gasteiger partial charge in [0.25, 0.3) is 0 Å². The van der Waals surface area contributed by atoms with Crippen molar-refractivity contribution in [1.82, 2.24) is 24.8 Å². The number of alkyl halides is 2. The van der Waals surface area contributed by atoms with Crippen molar-refractivity contribution in [3.63, 3.8) is 0 Å². The molecule has 0 spiro atoms. The number of nitriles is 1. The van der Waals surface area contributed by atoms with Crippen molar-refractivity contribution in [2.75, 3.05) is 31.1 Å². The zero-order valence-corrected chi connectivity index (χ0v) is 32.7. The molecule has 294 valence electrons. The molecule has 4 aliphatic heterocycles. The third-order valence-electron chi connectivity index (χ3n) is 12.9. The molecule has 6 fully saturated rings. The van der Waals surface area contributed by atoms with E-state index in [1.54, 1.807) is 36.5 Å². The molecular formula is C43H40Cl2F3N7O2. The van der Waals surface area contributed by atoms with Crippen LogP contribution in [0.3, 0.4) is 0 Å². The Balaban J connectivity index is 1.10. The van der Waals surface area contributed by atoms with E-state index in [2.05, 4.69) is 27.0 Å². The van der Waals surface area contributed by atoms with Crippen LogP contribution in [0.1, 0.15) is 61.1 Å². The van der Waals surface area contributed by atoms with Gasteiger partial charge >= 0.3 is 0 Å². The van der Waals surface area contributed by atoms with E-state index in [0.717, 1.165) is 42.4 Å². The third kappa shape index (κ3) is 6.11. The molecule has 2 bridgehead atoms. The summed E-state index contributed by atoms with van der Waals surface area (Å²) in [5.74, 6) is 0.441. The number of anilines is 1. The van der Waals surface area contributed by atoms with Crippen LogP contribution >= 0.6 is 23.2 Å². The lowest BCUT2D eigenvalue weighted by molar-refractivity contribution is -0.133. The first-order valence-corrected chi connectivity index (χ1v) is 20.5. The SMILES string of the molecule is Cc1nc2c(F)c(-c3cccc(Cl)c3Cl)c(CCC#N)cc2c2c1cc(C1CC(Oc3ccnc(N4CC(C(F)F)C4)c3)CN1C(=O)C1CC1)n2C1C2CNC1C2. The molecule has 5 atom stereocenters. The van der Waals surface area contributed by atoms with Crippen LogP contribution in [-0.2, 0) is 11.2 Å². The van der Waals surface area contributed by atoms with Crippen molar-refractivity contribution in [2.45, 2.75) is 76.1 Å². The van der Waals surface area contributed by atoms with Gasteiger partial charge in [-0.2, -0.15) is 5.26 Å². The number of carbonyl (C=O) groups is 1. The second-order valence-electron chi connectivity index (χ2n) is 16.4. The first-order chi connectivity index (χ1) is 27.6. The van der Waals surface area contributed by atoms with Gasteiger partial charge in [-0.15, -0.1) is 0 Å². The number of likely N-dealkylation sites (tertiary alicyclic amines) is 1. The summed E-state index contributed by atoms with van der Waals surface area (Å²) in [5.41, 5.74) is 4.10. The first kappa shape index (κ1) is 36.7. The fourth-order valence-electron chi connectivity index (χ4n) is 9.77. The molecule has 5 aromatic rings. The number of halogens is 5. The predicted molar refractivity (Wildman–Crippen MR) is 212 cm³/mol. The summed E-state index contributed by atoms with van der Waals surface area (Å²) in [5, 5.41) is 15.4. The summed E-state index contributed by atoms with van der Waals surface area (Å²) in [6, 6.07) is 15.0. The van der Waals surface area contributed by atoms with E-state index < -0.39 is 18.2 Å². The molecular weight excluding hydrogens is 774 g/mol. The topological polar surface area (TPSA) is 99.3 Å². The Morgan fingerprint density at radius 3 is 2.65 bits per heavy atom. The van der Waals surface area contributed by atoms with Gasteiger partial charge < -0.3 is 24.4 Å². The molecule has 9 nitrogen and oxygen atoms in total. The Morgan fingerprint density at radius 2 is 1.93 bits per heavy atom. The lowest BCUT2D eigenvalue weighted by Crippen LogP contribution is -2.50. The quantitative estimate of drug-likeness (QED) is 0.151. The van der Waals surface area contributed by atoms with E-state index in [1.165, 1.54) is 0 Å². The number of carbonyl (C=O) groups excluding carboxylic acids is 1. The molecule has 57 heavy (non-hydrogen) atoms. The largest absolute Gasteiger partial charge is 0.488 e. The smallest absolute Gasteiger partial charge is 0.244 e.